The molecule has 3 rings (SSSR count). The van der Waals surface area contributed by atoms with Crippen LogP contribution >= 0.6 is 0 Å². The Morgan fingerprint density at radius 1 is 1.22 bits per heavy atom. The van der Waals surface area contributed by atoms with Gasteiger partial charge in [0.15, 0.2) is 0 Å². The van der Waals surface area contributed by atoms with Crippen LogP contribution in [0.25, 0.3) is 0 Å². The van der Waals surface area contributed by atoms with Crippen molar-refractivity contribution < 1.29 is 9.13 Å². The predicted molar refractivity (Wildman–Crippen MR) is 69.4 cm³/mol. The van der Waals surface area contributed by atoms with Crippen molar-refractivity contribution in [2.24, 2.45) is 0 Å². The van der Waals surface area contributed by atoms with E-state index in [0.717, 1.165) is 5.69 Å². The lowest BCUT2D eigenvalue weighted by molar-refractivity contribution is 0.285. The van der Waals surface area contributed by atoms with Crippen molar-refractivity contribution in [3.63, 3.8) is 0 Å². The number of benzene rings is 2. The Morgan fingerprint density at radius 3 is 2.89 bits per heavy atom. The maximum atomic E-state index is 13.2. The highest BCUT2D eigenvalue weighted by molar-refractivity contribution is 5.59. The molecule has 2 aromatic carbocycles. The highest BCUT2D eigenvalue weighted by Crippen LogP contribution is 2.34. The summed E-state index contributed by atoms with van der Waals surface area (Å²) in [5.74, 6) is 0.455. The molecule has 1 aliphatic heterocycles. The average Bonchev–Trinajstić information content (AvgIpc) is 2.38. The van der Waals surface area contributed by atoms with E-state index in [-0.39, 0.29) is 11.9 Å². The van der Waals surface area contributed by atoms with E-state index < -0.39 is 0 Å². The number of hydrogen-bond donors (Lipinski definition) is 1. The van der Waals surface area contributed by atoms with Crippen molar-refractivity contribution in [2.75, 3.05) is 11.9 Å². The molecule has 18 heavy (non-hydrogen) atoms. The largest absolute Gasteiger partial charge is 0.489 e. The molecular weight excluding hydrogens is 229 g/mol. The first-order chi connectivity index (χ1) is 8.74. The van der Waals surface area contributed by atoms with Crippen molar-refractivity contribution in [3.05, 3.63) is 59.4 Å². The third-order valence-corrected chi connectivity index (χ3v) is 3.24. The van der Waals surface area contributed by atoms with Crippen LogP contribution in [0.3, 0.4) is 0 Å². The fourth-order valence-corrected chi connectivity index (χ4v) is 2.29. The number of ether oxygens (including phenoxy) is 1. The van der Waals surface area contributed by atoms with Crippen LogP contribution in [-0.4, -0.2) is 6.61 Å². The summed E-state index contributed by atoms with van der Waals surface area (Å²) < 4.78 is 18.9. The van der Waals surface area contributed by atoms with Gasteiger partial charge < -0.3 is 10.1 Å². The van der Waals surface area contributed by atoms with Gasteiger partial charge in [-0.3, -0.25) is 0 Å². The second kappa shape index (κ2) is 4.33. The molecule has 0 radical (unpaired) electrons. The number of anilines is 1. The molecule has 1 N–H and O–H groups in total. The van der Waals surface area contributed by atoms with E-state index >= 15 is 0 Å². The summed E-state index contributed by atoms with van der Waals surface area (Å²) in [6, 6.07) is 12.8. The first-order valence-corrected chi connectivity index (χ1v) is 5.98. The van der Waals surface area contributed by atoms with E-state index in [1.54, 1.807) is 6.07 Å². The zero-order valence-corrected chi connectivity index (χ0v) is 10.1. The van der Waals surface area contributed by atoms with Crippen molar-refractivity contribution in [1.82, 2.24) is 0 Å². The van der Waals surface area contributed by atoms with Gasteiger partial charge in [0, 0.05) is 6.07 Å². The minimum absolute atomic E-state index is 0.0699. The van der Waals surface area contributed by atoms with Gasteiger partial charge in [0.05, 0.1) is 11.7 Å². The van der Waals surface area contributed by atoms with E-state index in [1.807, 2.05) is 12.1 Å². The lowest BCUT2D eigenvalue weighted by atomic mass is 10.0. The summed E-state index contributed by atoms with van der Waals surface area (Å²) in [5.41, 5.74) is 3.11. The minimum atomic E-state index is -0.254. The first-order valence-electron chi connectivity index (χ1n) is 5.98. The third kappa shape index (κ3) is 1.92. The van der Waals surface area contributed by atoms with Gasteiger partial charge in [-0.1, -0.05) is 24.3 Å². The quantitative estimate of drug-likeness (QED) is 0.825. The Bertz CT molecular complexity index is 582. The maximum Gasteiger partial charge on any atom is 0.142 e. The van der Waals surface area contributed by atoms with Crippen LogP contribution in [0.4, 0.5) is 10.1 Å². The van der Waals surface area contributed by atoms with Crippen molar-refractivity contribution in [2.45, 2.75) is 13.0 Å². The second-order valence-corrected chi connectivity index (χ2v) is 4.50. The summed E-state index contributed by atoms with van der Waals surface area (Å²) in [4.78, 5) is 0. The van der Waals surface area contributed by atoms with Gasteiger partial charge in [0.1, 0.15) is 18.2 Å². The van der Waals surface area contributed by atoms with E-state index in [9.17, 15) is 4.39 Å². The molecule has 2 aromatic rings. The highest BCUT2D eigenvalue weighted by Gasteiger charge is 2.21. The SMILES string of the molecule is Cc1ccccc1C1COc2ccc(F)cc2N1. The van der Waals surface area contributed by atoms with Gasteiger partial charge in [-0.2, -0.15) is 0 Å². The fourth-order valence-electron chi connectivity index (χ4n) is 2.29. The molecule has 92 valence electrons. The molecular formula is C15H14FNO. The first kappa shape index (κ1) is 11.1. The van der Waals surface area contributed by atoms with Crippen LogP contribution in [0.1, 0.15) is 17.2 Å². The lowest BCUT2D eigenvalue weighted by Gasteiger charge is -2.28. The monoisotopic (exact) mass is 243 g/mol. The Labute approximate surface area is 105 Å². The Balaban J connectivity index is 1.93. The van der Waals surface area contributed by atoms with Gasteiger partial charge in [-0.25, -0.2) is 4.39 Å². The zero-order valence-electron chi connectivity index (χ0n) is 10.1. The van der Waals surface area contributed by atoms with Gasteiger partial charge in [-0.15, -0.1) is 0 Å². The van der Waals surface area contributed by atoms with Crippen molar-refractivity contribution in [3.8, 4) is 5.75 Å². The fraction of sp³-hybridized carbons (Fsp3) is 0.200. The third-order valence-electron chi connectivity index (χ3n) is 3.24. The summed E-state index contributed by atoms with van der Waals surface area (Å²) in [6.07, 6.45) is 0. The summed E-state index contributed by atoms with van der Waals surface area (Å²) in [6.45, 7) is 2.63. The van der Waals surface area contributed by atoms with Gasteiger partial charge in [0.25, 0.3) is 0 Å². The molecule has 2 nitrogen and oxygen atoms in total. The number of nitrogens with one attached hydrogen (secondary N) is 1. The van der Waals surface area contributed by atoms with E-state index in [1.165, 1.54) is 23.3 Å². The number of aryl methyl sites for hydroxylation is 1. The lowest BCUT2D eigenvalue weighted by Crippen LogP contribution is -2.24. The molecule has 0 spiro atoms. The molecule has 0 bridgehead atoms. The predicted octanol–water partition coefficient (Wildman–Crippen LogP) is 3.68. The molecule has 0 fully saturated rings. The summed E-state index contributed by atoms with van der Waals surface area (Å²) in [5, 5.41) is 3.33. The van der Waals surface area contributed by atoms with E-state index in [0.29, 0.717) is 12.4 Å². The zero-order chi connectivity index (χ0) is 12.5. The van der Waals surface area contributed by atoms with Crippen LogP contribution in [0.5, 0.6) is 5.75 Å². The van der Waals surface area contributed by atoms with E-state index in [2.05, 4.69) is 24.4 Å². The molecule has 1 heterocycles. The van der Waals surface area contributed by atoms with Gasteiger partial charge in [-0.05, 0) is 30.2 Å². The molecule has 1 atom stereocenters. The normalized spacial score (nSPS) is 17.6. The summed E-state index contributed by atoms with van der Waals surface area (Å²) >= 11 is 0. The highest BCUT2D eigenvalue weighted by atomic mass is 19.1. The molecule has 3 heteroatoms. The van der Waals surface area contributed by atoms with Crippen LogP contribution in [0, 0.1) is 12.7 Å². The molecule has 1 aliphatic rings. The molecule has 0 aromatic heterocycles. The molecule has 0 saturated carbocycles. The Hall–Kier alpha value is -2.03. The van der Waals surface area contributed by atoms with Gasteiger partial charge >= 0.3 is 0 Å². The van der Waals surface area contributed by atoms with Crippen LogP contribution in [0.2, 0.25) is 0 Å². The van der Waals surface area contributed by atoms with Gasteiger partial charge in [0.2, 0.25) is 0 Å². The average molecular weight is 243 g/mol. The topological polar surface area (TPSA) is 21.3 Å². The number of halogens is 1. The Kier molecular flexibility index (Phi) is 2.67. The second-order valence-electron chi connectivity index (χ2n) is 4.50. The smallest absolute Gasteiger partial charge is 0.142 e. The minimum Gasteiger partial charge on any atom is -0.489 e. The summed E-state index contributed by atoms with van der Waals surface area (Å²) in [7, 11) is 0. The molecule has 1 unspecified atom stereocenters. The van der Waals surface area contributed by atoms with Crippen LogP contribution < -0.4 is 10.1 Å². The van der Waals surface area contributed by atoms with Crippen molar-refractivity contribution >= 4 is 5.69 Å². The standard InChI is InChI=1S/C15H14FNO/c1-10-4-2-3-5-12(10)14-9-18-15-7-6-11(16)8-13(15)17-14/h2-8,14,17H,9H2,1H3. The van der Waals surface area contributed by atoms with Crippen molar-refractivity contribution in [1.29, 1.82) is 0 Å². The molecule has 0 saturated heterocycles. The maximum absolute atomic E-state index is 13.2. The molecule has 0 amide bonds. The number of fused-ring (bicyclic) bond motifs is 1. The molecule has 0 aliphatic carbocycles. The van der Waals surface area contributed by atoms with Crippen LogP contribution in [-0.2, 0) is 0 Å². The van der Waals surface area contributed by atoms with Crippen LogP contribution in [0.15, 0.2) is 42.5 Å². The number of rotatable bonds is 1. The number of hydrogen-bond acceptors (Lipinski definition) is 2. The van der Waals surface area contributed by atoms with E-state index in [4.69, 9.17) is 4.74 Å². The Morgan fingerprint density at radius 2 is 2.06 bits per heavy atom.